The second-order valence-electron chi connectivity index (χ2n) is 9.16. The van der Waals surface area contributed by atoms with E-state index in [9.17, 15) is 8.78 Å². The standard InChI is InChI=1S/C27H31F2N3O3/c1-2-3-13-33-21-6-4-5-19(14-21)22-16-26-30-12-11-23(32(26)31-22)20-9-10-24(35-27(28)29)25(15-20)34-17-18-7-8-18/h4-6,9-10,14-16,18,23,27,30H,2-3,7-8,11-13,17H2,1H3. The van der Waals surface area contributed by atoms with Gasteiger partial charge in [-0.2, -0.15) is 13.9 Å². The van der Waals surface area contributed by atoms with Gasteiger partial charge in [-0.1, -0.05) is 31.5 Å². The van der Waals surface area contributed by atoms with Crippen LogP contribution in [0.1, 0.15) is 50.6 Å². The summed E-state index contributed by atoms with van der Waals surface area (Å²) >= 11 is 0. The van der Waals surface area contributed by atoms with Gasteiger partial charge in [0.2, 0.25) is 0 Å². The Kier molecular flexibility index (Phi) is 7.06. The predicted molar refractivity (Wildman–Crippen MR) is 131 cm³/mol. The maximum atomic E-state index is 12.9. The first-order valence-electron chi connectivity index (χ1n) is 12.4. The zero-order valence-corrected chi connectivity index (χ0v) is 19.9. The van der Waals surface area contributed by atoms with Crippen molar-refractivity contribution in [2.24, 2.45) is 5.92 Å². The number of anilines is 1. The number of hydrogen-bond acceptors (Lipinski definition) is 5. The lowest BCUT2D eigenvalue weighted by molar-refractivity contribution is -0.0515. The highest BCUT2D eigenvalue weighted by molar-refractivity contribution is 5.65. The highest BCUT2D eigenvalue weighted by atomic mass is 19.3. The molecule has 1 saturated carbocycles. The maximum Gasteiger partial charge on any atom is 0.387 e. The Morgan fingerprint density at radius 2 is 1.94 bits per heavy atom. The van der Waals surface area contributed by atoms with Crippen molar-refractivity contribution in [2.45, 2.75) is 51.7 Å². The van der Waals surface area contributed by atoms with Crippen LogP contribution in [0.25, 0.3) is 11.3 Å². The number of alkyl halides is 2. The maximum absolute atomic E-state index is 12.9. The third-order valence-electron chi connectivity index (χ3n) is 6.39. The van der Waals surface area contributed by atoms with Crippen LogP contribution in [0, 0.1) is 5.92 Å². The SMILES string of the molecule is CCCCOc1cccc(-c2cc3n(n2)C(c2ccc(OC(F)F)c(OCC4CC4)c2)CCN3)c1. The van der Waals surface area contributed by atoms with Gasteiger partial charge in [-0.05, 0) is 61.4 Å². The second kappa shape index (κ2) is 10.5. The average molecular weight is 484 g/mol. The summed E-state index contributed by atoms with van der Waals surface area (Å²) in [5.41, 5.74) is 2.78. The topological polar surface area (TPSA) is 57.5 Å². The van der Waals surface area contributed by atoms with Crippen LogP contribution in [-0.2, 0) is 0 Å². The largest absolute Gasteiger partial charge is 0.494 e. The van der Waals surface area contributed by atoms with E-state index in [0.717, 1.165) is 67.0 Å². The van der Waals surface area contributed by atoms with E-state index < -0.39 is 6.61 Å². The van der Waals surface area contributed by atoms with Gasteiger partial charge in [-0.3, -0.25) is 0 Å². The van der Waals surface area contributed by atoms with E-state index in [2.05, 4.69) is 12.2 Å². The number of unbranched alkanes of at least 4 members (excludes halogenated alkanes) is 1. The molecule has 2 aliphatic rings. The first-order chi connectivity index (χ1) is 17.1. The van der Waals surface area contributed by atoms with E-state index in [-0.39, 0.29) is 11.8 Å². The summed E-state index contributed by atoms with van der Waals surface area (Å²) in [6, 6.07) is 15.2. The van der Waals surface area contributed by atoms with Gasteiger partial charge >= 0.3 is 6.61 Å². The van der Waals surface area contributed by atoms with E-state index >= 15 is 0 Å². The van der Waals surface area contributed by atoms with Crippen LogP contribution in [0.3, 0.4) is 0 Å². The van der Waals surface area contributed by atoms with Gasteiger partial charge in [0.25, 0.3) is 0 Å². The summed E-state index contributed by atoms with van der Waals surface area (Å²) in [5, 5.41) is 8.33. The fourth-order valence-corrected chi connectivity index (χ4v) is 4.28. The number of ether oxygens (including phenoxy) is 3. The van der Waals surface area contributed by atoms with Gasteiger partial charge in [-0.25, -0.2) is 4.68 Å². The van der Waals surface area contributed by atoms with E-state index in [1.54, 1.807) is 6.07 Å². The molecule has 0 bridgehead atoms. The van der Waals surface area contributed by atoms with Crippen molar-refractivity contribution in [1.82, 2.24) is 9.78 Å². The lowest BCUT2D eigenvalue weighted by Crippen LogP contribution is -2.24. The van der Waals surface area contributed by atoms with Crippen LogP contribution in [-0.4, -0.2) is 36.2 Å². The van der Waals surface area contributed by atoms with Crippen molar-refractivity contribution in [3.8, 4) is 28.5 Å². The average Bonchev–Trinajstić information content (AvgIpc) is 3.58. The normalized spacial score (nSPS) is 17.1. The summed E-state index contributed by atoms with van der Waals surface area (Å²) in [4.78, 5) is 0. The van der Waals surface area contributed by atoms with Crippen LogP contribution in [0.5, 0.6) is 17.2 Å². The minimum absolute atomic E-state index is 0.0483. The molecular formula is C27H31F2N3O3. The fraction of sp³-hybridized carbons (Fsp3) is 0.444. The number of hydrogen-bond donors (Lipinski definition) is 1. The lowest BCUT2D eigenvalue weighted by atomic mass is 10.0. The molecule has 1 aromatic heterocycles. The van der Waals surface area contributed by atoms with Crippen molar-refractivity contribution in [1.29, 1.82) is 0 Å². The van der Waals surface area contributed by atoms with Gasteiger partial charge < -0.3 is 19.5 Å². The second-order valence-corrected chi connectivity index (χ2v) is 9.16. The molecule has 1 aliphatic carbocycles. The Morgan fingerprint density at radius 3 is 2.74 bits per heavy atom. The van der Waals surface area contributed by atoms with E-state index in [1.807, 2.05) is 47.1 Å². The Balaban J connectivity index is 1.40. The van der Waals surface area contributed by atoms with Crippen LogP contribution < -0.4 is 19.5 Å². The van der Waals surface area contributed by atoms with Gasteiger partial charge in [0.1, 0.15) is 11.6 Å². The molecule has 6 nitrogen and oxygen atoms in total. The summed E-state index contributed by atoms with van der Waals surface area (Å²) in [7, 11) is 0. The van der Waals surface area contributed by atoms with Crippen molar-refractivity contribution in [2.75, 3.05) is 25.1 Å². The number of fused-ring (bicyclic) bond motifs is 1. The number of halogens is 2. The molecule has 0 amide bonds. The monoisotopic (exact) mass is 483 g/mol. The molecule has 1 unspecified atom stereocenters. The first kappa shape index (κ1) is 23.5. The quantitative estimate of drug-likeness (QED) is 0.315. The van der Waals surface area contributed by atoms with Crippen molar-refractivity contribution in [3.05, 3.63) is 54.1 Å². The van der Waals surface area contributed by atoms with E-state index in [4.69, 9.17) is 19.3 Å². The summed E-state index contributed by atoms with van der Waals surface area (Å²) in [5.74, 6) is 2.68. The van der Waals surface area contributed by atoms with Gasteiger partial charge in [0.15, 0.2) is 11.5 Å². The number of rotatable bonds is 11. The van der Waals surface area contributed by atoms with E-state index in [0.29, 0.717) is 24.9 Å². The summed E-state index contributed by atoms with van der Waals surface area (Å²) in [6.45, 7) is 1.23. The molecule has 8 heteroatoms. The number of nitrogens with one attached hydrogen (secondary N) is 1. The molecule has 2 aromatic carbocycles. The Hall–Kier alpha value is -3.29. The molecule has 1 fully saturated rings. The van der Waals surface area contributed by atoms with Crippen LogP contribution in [0.15, 0.2) is 48.5 Å². The highest BCUT2D eigenvalue weighted by Crippen LogP contribution is 2.39. The third-order valence-corrected chi connectivity index (χ3v) is 6.39. The van der Waals surface area contributed by atoms with E-state index in [1.165, 1.54) is 0 Å². The number of aromatic nitrogens is 2. The van der Waals surface area contributed by atoms with Crippen molar-refractivity contribution < 1.29 is 23.0 Å². The first-order valence-corrected chi connectivity index (χ1v) is 12.4. The number of nitrogens with zero attached hydrogens (tertiary/aromatic N) is 2. The zero-order chi connectivity index (χ0) is 24.2. The smallest absolute Gasteiger partial charge is 0.387 e. The van der Waals surface area contributed by atoms with Crippen molar-refractivity contribution in [3.63, 3.8) is 0 Å². The Bertz CT molecular complexity index is 1150. The third kappa shape index (κ3) is 5.69. The molecule has 35 heavy (non-hydrogen) atoms. The molecule has 0 saturated heterocycles. The molecule has 2 heterocycles. The fourth-order valence-electron chi connectivity index (χ4n) is 4.28. The Labute approximate surface area is 204 Å². The van der Waals surface area contributed by atoms with Gasteiger partial charge in [0, 0.05) is 18.2 Å². The Morgan fingerprint density at radius 1 is 1.06 bits per heavy atom. The van der Waals surface area contributed by atoms with Gasteiger partial charge in [-0.15, -0.1) is 0 Å². The molecule has 3 aromatic rings. The molecule has 5 rings (SSSR count). The van der Waals surface area contributed by atoms with Crippen LogP contribution in [0.4, 0.5) is 14.6 Å². The van der Waals surface area contributed by atoms with Crippen molar-refractivity contribution >= 4 is 5.82 Å². The summed E-state index contributed by atoms with van der Waals surface area (Å²) < 4.78 is 44.3. The van der Waals surface area contributed by atoms with Gasteiger partial charge in [0.05, 0.1) is 24.9 Å². The zero-order valence-electron chi connectivity index (χ0n) is 19.9. The molecular weight excluding hydrogens is 452 g/mol. The van der Waals surface area contributed by atoms with Crippen LogP contribution in [0.2, 0.25) is 0 Å². The molecule has 0 radical (unpaired) electrons. The molecule has 1 aliphatic heterocycles. The highest BCUT2D eigenvalue weighted by Gasteiger charge is 2.27. The minimum Gasteiger partial charge on any atom is -0.494 e. The predicted octanol–water partition coefficient (Wildman–Crippen LogP) is 6.52. The summed E-state index contributed by atoms with van der Waals surface area (Å²) in [6.07, 6.45) is 5.14. The molecule has 0 spiro atoms. The number of benzene rings is 2. The molecule has 1 atom stereocenters. The van der Waals surface area contributed by atoms with Crippen LogP contribution >= 0.6 is 0 Å². The minimum atomic E-state index is -2.90. The molecule has 186 valence electrons. The lowest BCUT2D eigenvalue weighted by Gasteiger charge is -2.26. The molecule has 1 N–H and O–H groups in total.